The van der Waals surface area contributed by atoms with Crippen LogP contribution in [0.1, 0.15) is 44.9 Å². The molecule has 148 valence electrons. The van der Waals surface area contributed by atoms with Crippen LogP contribution in [-0.2, 0) is 14.3 Å². The minimum Gasteiger partial charge on any atom is -0.383 e. The Bertz CT molecular complexity index is 501. The second kappa shape index (κ2) is 8.67. The molecule has 3 rings (SSSR count). The Kier molecular flexibility index (Phi) is 6.53. The first-order valence-corrected chi connectivity index (χ1v) is 10.1. The van der Waals surface area contributed by atoms with Crippen molar-refractivity contribution in [1.82, 2.24) is 15.1 Å². The highest BCUT2D eigenvalue weighted by molar-refractivity contribution is 5.87. The average Bonchev–Trinajstić information content (AvgIpc) is 2.66. The first-order valence-electron chi connectivity index (χ1n) is 10.1. The van der Waals surface area contributed by atoms with Crippen molar-refractivity contribution < 1.29 is 14.3 Å². The summed E-state index contributed by atoms with van der Waals surface area (Å²) < 4.78 is 5.00. The number of piperidine rings is 2. The Morgan fingerprint density at radius 3 is 2.50 bits per heavy atom. The van der Waals surface area contributed by atoms with Crippen LogP contribution < -0.4 is 11.1 Å². The Morgan fingerprint density at radius 1 is 1.15 bits per heavy atom. The van der Waals surface area contributed by atoms with Gasteiger partial charge in [-0.1, -0.05) is 0 Å². The summed E-state index contributed by atoms with van der Waals surface area (Å²) in [6.07, 6.45) is 6.73. The highest BCUT2D eigenvalue weighted by atomic mass is 16.5. The lowest BCUT2D eigenvalue weighted by Crippen LogP contribution is -2.61. The minimum atomic E-state index is -0.580. The summed E-state index contributed by atoms with van der Waals surface area (Å²) >= 11 is 0. The SMILES string of the molecule is COCCNC(=O)[C@H]1CCCN(C2CCN(C(=O)C3(N)CCC3)CC2)C1. The third-order valence-electron chi connectivity index (χ3n) is 6.37. The zero-order valence-corrected chi connectivity index (χ0v) is 16.0. The second-order valence-electron chi connectivity index (χ2n) is 8.15. The quantitative estimate of drug-likeness (QED) is 0.662. The minimum absolute atomic E-state index is 0.0718. The molecule has 1 saturated carbocycles. The number of likely N-dealkylation sites (tertiary alicyclic amines) is 2. The maximum atomic E-state index is 12.6. The first kappa shape index (κ1) is 19.6. The van der Waals surface area contributed by atoms with Gasteiger partial charge < -0.3 is 20.7 Å². The molecule has 0 spiro atoms. The zero-order chi connectivity index (χ0) is 18.6. The fourth-order valence-corrected chi connectivity index (χ4v) is 4.49. The third-order valence-corrected chi connectivity index (χ3v) is 6.37. The van der Waals surface area contributed by atoms with Gasteiger partial charge in [-0.05, 0) is 51.5 Å². The smallest absolute Gasteiger partial charge is 0.242 e. The van der Waals surface area contributed by atoms with Crippen LogP contribution in [0.25, 0.3) is 0 Å². The number of methoxy groups -OCH3 is 1. The van der Waals surface area contributed by atoms with Gasteiger partial charge in [0.05, 0.1) is 18.1 Å². The van der Waals surface area contributed by atoms with Crippen LogP contribution in [0, 0.1) is 5.92 Å². The number of hydrogen-bond donors (Lipinski definition) is 2. The monoisotopic (exact) mass is 366 g/mol. The van der Waals surface area contributed by atoms with Crippen molar-refractivity contribution in [3.8, 4) is 0 Å². The molecule has 0 unspecified atom stereocenters. The maximum Gasteiger partial charge on any atom is 0.242 e. The summed E-state index contributed by atoms with van der Waals surface area (Å²) in [5, 5.41) is 2.97. The lowest BCUT2D eigenvalue weighted by Gasteiger charge is -2.45. The van der Waals surface area contributed by atoms with Gasteiger partial charge in [0.25, 0.3) is 0 Å². The van der Waals surface area contributed by atoms with Crippen LogP contribution in [0.5, 0.6) is 0 Å². The fraction of sp³-hybridized carbons (Fsp3) is 0.895. The molecule has 0 aromatic carbocycles. The number of nitrogens with one attached hydrogen (secondary N) is 1. The van der Waals surface area contributed by atoms with Gasteiger partial charge in [0.2, 0.25) is 11.8 Å². The van der Waals surface area contributed by atoms with E-state index in [1.54, 1.807) is 7.11 Å². The van der Waals surface area contributed by atoms with Gasteiger partial charge in [0.1, 0.15) is 0 Å². The molecular formula is C19H34N4O3. The Morgan fingerprint density at radius 2 is 1.88 bits per heavy atom. The predicted molar refractivity (Wildman–Crippen MR) is 99.6 cm³/mol. The standard InChI is InChI=1S/C19H34N4O3/c1-26-13-9-21-17(24)15-4-2-10-23(14-15)16-5-11-22(12-6-16)18(25)19(20)7-3-8-19/h15-16H,2-14,20H2,1H3,(H,21,24)/t15-/m0/s1. The largest absolute Gasteiger partial charge is 0.383 e. The van der Waals surface area contributed by atoms with Gasteiger partial charge in [-0.15, -0.1) is 0 Å². The van der Waals surface area contributed by atoms with E-state index in [1.807, 2.05) is 4.90 Å². The zero-order valence-electron chi connectivity index (χ0n) is 16.0. The molecule has 0 bridgehead atoms. The van der Waals surface area contributed by atoms with Crippen LogP contribution in [-0.4, -0.2) is 79.6 Å². The van der Waals surface area contributed by atoms with E-state index < -0.39 is 5.54 Å². The summed E-state index contributed by atoms with van der Waals surface area (Å²) in [5.41, 5.74) is 5.62. The van der Waals surface area contributed by atoms with Crippen molar-refractivity contribution in [2.24, 2.45) is 11.7 Å². The van der Waals surface area contributed by atoms with Gasteiger partial charge in [-0.3, -0.25) is 14.5 Å². The molecule has 7 heteroatoms. The average molecular weight is 367 g/mol. The number of carbonyl (C=O) groups excluding carboxylic acids is 2. The molecule has 2 heterocycles. The summed E-state index contributed by atoms with van der Waals surface area (Å²) in [4.78, 5) is 29.3. The van der Waals surface area contributed by atoms with E-state index in [2.05, 4.69) is 10.2 Å². The van der Waals surface area contributed by atoms with E-state index in [1.165, 1.54) is 0 Å². The van der Waals surface area contributed by atoms with Crippen LogP contribution in [0.2, 0.25) is 0 Å². The third kappa shape index (κ3) is 4.38. The van der Waals surface area contributed by atoms with E-state index in [0.29, 0.717) is 19.2 Å². The molecule has 0 aromatic rings. The van der Waals surface area contributed by atoms with E-state index in [0.717, 1.165) is 71.1 Å². The molecule has 1 aliphatic carbocycles. The molecule has 0 radical (unpaired) electrons. The fourth-order valence-electron chi connectivity index (χ4n) is 4.49. The van der Waals surface area contributed by atoms with Crippen LogP contribution in [0.3, 0.4) is 0 Å². The number of rotatable bonds is 6. The summed E-state index contributed by atoms with van der Waals surface area (Å²) in [6, 6.07) is 0.476. The molecule has 3 aliphatic rings. The van der Waals surface area contributed by atoms with Crippen LogP contribution in [0.4, 0.5) is 0 Å². The van der Waals surface area contributed by atoms with Crippen molar-refractivity contribution in [3.63, 3.8) is 0 Å². The Labute approximate surface area is 156 Å². The molecule has 2 amide bonds. The second-order valence-corrected chi connectivity index (χ2v) is 8.15. The van der Waals surface area contributed by atoms with Crippen LogP contribution >= 0.6 is 0 Å². The molecule has 0 aromatic heterocycles. The number of carbonyl (C=O) groups is 2. The van der Waals surface area contributed by atoms with Gasteiger partial charge in [-0.2, -0.15) is 0 Å². The lowest BCUT2D eigenvalue weighted by molar-refractivity contribution is -0.141. The Balaban J connectivity index is 1.45. The van der Waals surface area contributed by atoms with Crippen molar-refractivity contribution in [2.75, 3.05) is 46.4 Å². The van der Waals surface area contributed by atoms with Crippen molar-refractivity contribution in [3.05, 3.63) is 0 Å². The van der Waals surface area contributed by atoms with E-state index >= 15 is 0 Å². The van der Waals surface area contributed by atoms with Gasteiger partial charge in [0, 0.05) is 39.3 Å². The van der Waals surface area contributed by atoms with E-state index in [4.69, 9.17) is 10.5 Å². The van der Waals surface area contributed by atoms with Crippen molar-refractivity contribution in [1.29, 1.82) is 0 Å². The van der Waals surface area contributed by atoms with Crippen molar-refractivity contribution >= 4 is 11.8 Å². The lowest BCUT2D eigenvalue weighted by atomic mass is 9.76. The normalized spacial score (nSPS) is 27.0. The molecule has 26 heavy (non-hydrogen) atoms. The maximum absolute atomic E-state index is 12.6. The van der Waals surface area contributed by atoms with Gasteiger partial charge >= 0.3 is 0 Å². The molecule has 3 N–H and O–H groups in total. The molecule has 1 atom stereocenters. The topological polar surface area (TPSA) is 87.9 Å². The number of amides is 2. The predicted octanol–water partition coefficient (Wildman–Crippen LogP) is 0.333. The van der Waals surface area contributed by atoms with Crippen molar-refractivity contribution in [2.45, 2.75) is 56.5 Å². The van der Waals surface area contributed by atoms with Gasteiger partial charge in [-0.25, -0.2) is 0 Å². The summed E-state index contributed by atoms with van der Waals surface area (Å²) in [7, 11) is 1.64. The first-order chi connectivity index (χ1) is 12.5. The highest BCUT2D eigenvalue weighted by Gasteiger charge is 2.43. The summed E-state index contributed by atoms with van der Waals surface area (Å²) in [6.45, 7) is 4.61. The Hall–Kier alpha value is -1.18. The summed E-state index contributed by atoms with van der Waals surface area (Å²) in [5.74, 6) is 0.369. The number of hydrogen-bond acceptors (Lipinski definition) is 5. The molecule has 2 saturated heterocycles. The molecule has 7 nitrogen and oxygen atoms in total. The molecular weight excluding hydrogens is 332 g/mol. The van der Waals surface area contributed by atoms with E-state index in [9.17, 15) is 9.59 Å². The molecule has 3 fully saturated rings. The van der Waals surface area contributed by atoms with Gasteiger partial charge in [0.15, 0.2) is 0 Å². The number of ether oxygens (including phenoxy) is 1. The van der Waals surface area contributed by atoms with E-state index in [-0.39, 0.29) is 17.7 Å². The molecule has 2 aliphatic heterocycles. The highest BCUT2D eigenvalue weighted by Crippen LogP contribution is 2.32. The van der Waals surface area contributed by atoms with Crippen LogP contribution in [0.15, 0.2) is 0 Å². The number of nitrogens with two attached hydrogens (primary N) is 1. The number of nitrogens with zero attached hydrogens (tertiary/aromatic N) is 2.